The molecular weight excluding hydrogens is 270 g/mol. The predicted octanol–water partition coefficient (Wildman–Crippen LogP) is 0.942. The molecule has 0 saturated carbocycles. The normalized spacial score (nSPS) is 13.8. The quantitative estimate of drug-likeness (QED) is 0.865. The van der Waals surface area contributed by atoms with Crippen LogP contribution in [0.4, 0.5) is 0 Å². The summed E-state index contributed by atoms with van der Waals surface area (Å²) in [5, 5.41) is 9.52. The van der Waals surface area contributed by atoms with Gasteiger partial charge in [0.2, 0.25) is 21.6 Å². The first-order valence-corrected chi connectivity index (χ1v) is 7.86. The minimum atomic E-state index is -3.54. The van der Waals surface area contributed by atoms with E-state index in [4.69, 9.17) is 4.42 Å². The number of hydrogen-bond donors (Lipinski definition) is 1. The third-order valence-corrected chi connectivity index (χ3v) is 3.29. The lowest BCUT2D eigenvalue weighted by Gasteiger charge is -2.19. The first kappa shape index (κ1) is 15.6. The molecule has 0 spiro atoms. The number of nitrogens with zero attached hydrogens (tertiary/aromatic N) is 2. The summed E-state index contributed by atoms with van der Waals surface area (Å²) in [6.07, 6.45) is 0.987. The van der Waals surface area contributed by atoms with Gasteiger partial charge in [-0.1, -0.05) is 32.8 Å². The monoisotopic (exact) mass is 289 g/mol. The third kappa shape index (κ3) is 4.02. The molecule has 1 atom stereocenters. The third-order valence-electron chi connectivity index (χ3n) is 2.49. The van der Waals surface area contributed by atoms with E-state index < -0.39 is 21.1 Å². The molecule has 0 fully saturated rings. The largest absolute Gasteiger partial charge is 0.410 e. The maximum Gasteiger partial charge on any atom is 0.335 e. The van der Waals surface area contributed by atoms with Gasteiger partial charge < -0.3 is 9.73 Å². The highest BCUT2D eigenvalue weighted by Crippen LogP contribution is 2.22. The summed E-state index contributed by atoms with van der Waals surface area (Å²) in [7, 11) is -3.54. The number of carbonyl (C=O) groups excluding carboxylic acids is 1. The molecule has 1 N–H and O–H groups in total. The maximum absolute atomic E-state index is 11.7. The maximum atomic E-state index is 11.7. The Morgan fingerprint density at radius 2 is 1.79 bits per heavy atom. The van der Waals surface area contributed by atoms with Crippen LogP contribution in [0.2, 0.25) is 0 Å². The fourth-order valence-corrected chi connectivity index (χ4v) is 1.76. The fraction of sp³-hybridized carbons (Fsp3) is 0.727. The van der Waals surface area contributed by atoms with Crippen molar-refractivity contribution < 1.29 is 17.6 Å². The number of amides is 1. The highest BCUT2D eigenvalue weighted by atomic mass is 32.2. The zero-order valence-corrected chi connectivity index (χ0v) is 12.5. The van der Waals surface area contributed by atoms with E-state index in [0.29, 0.717) is 0 Å². The minimum Gasteiger partial charge on any atom is -0.410 e. The van der Waals surface area contributed by atoms with Crippen LogP contribution in [0.5, 0.6) is 0 Å². The summed E-state index contributed by atoms with van der Waals surface area (Å²) < 4.78 is 27.7. The molecule has 8 heteroatoms. The average Bonchev–Trinajstić information content (AvgIpc) is 2.73. The minimum absolute atomic E-state index is 0.00411. The lowest BCUT2D eigenvalue weighted by molar-refractivity contribution is -0.125. The Labute approximate surface area is 112 Å². The Morgan fingerprint density at radius 3 is 2.16 bits per heavy atom. The second-order valence-corrected chi connectivity index (χ2v) is 6.96. The molecule has 0 aromatic carbocycles. The van der Waals surface area contributed by atoms with Gasteiger partial charge in [0.25, 0.3) is 0 Å². The molecule has 1 heterocycles. The summed E-state index contributed by atoms with van der Waals surface area (Å²) >= 11 is 0. The molecule has 0 aliphatic carbocycles. The Hall–Kier alpha value is -1.44. The van der Waals surface area contributed by atoms with E-state index >= 15 is 0 Å². The van der Waals surface area contributed by atoms with Gasteiger partial charge in [0.05, 0.1) is 0 Å². The van der Waals surface area contributed by atoms with Crippen LogP contribution in [0.15, 0.2) is 9.64 Å². The summed E-state index contributed by atoms with van der Waals surface area (Å²) in [6, 6.07) is -0.502. The lowest BCUT2D eigenvalue weighted by Crippen LogP contribution is -2.34. The van der Waals surface area contributed by atoms with Gasteiger partial charge in [-0.05, 0) is 5.92 Å². The van der Waals surface area contributed by atoms with Gasteiger partial charge in [-0.3, -0.25) is 4.79 Å². The molecule has 0 saturated heterocycles. The summed E-state index contributed by atoms with van der Waals surface area (Å²) in [5.41, 5.74) is 0. The molecule has 7 nitrogen and oxygen atoms in total. The Kier molecular flexibility index (Phi) is 4.67. The molecular formula is C11H19N3O4S. The number of nitrogens with one attached hydrogen (secondary N) is 1. The molecule has 0 aliphatic heterocycles. The molecule has 0 bridgehead atoms. The summed E-state index contributed by atoms with van der Waals surface area (Å²) in [5.74, 6) is -0.239. The molecule has 1 rings (SSSR count). The second-order valence-electron chi connectivity index (χ2n) is 5.06. The van der Waals surface area contributed by atoms with Crippen LogP contribution in [-0.2, 0) is 14.6 Å². The van der Waals surface area contributed by atoms with Crippen molar-refractivity contribution in [1.82, 2.24) is 15.5 Å². The summed E-state index contributed by atoms with van der Waals surface area (Å²) in [4.78, 5) is 11.7. The van der Waals surface area contributed by atoms with Crippen molar-refractivity contribution in [2.45, 2.75) is 39.0 Å². The smallest absolute Gasteiger partial charge is 0.335 e. The Morgan fingerprint density at radius 1 is 1.21 bits per heavy atom. The number of rotatable bonds is 5. The van der Waals surface area contributed by atoms with Gasteiger partial charge in [0.1, 0.15) is 6.04 Å². The van der Waals surface area contributed by atoms with Crippen molar-refractivity contribution in [3.63, 3.8) is 0 Å². The Bertz CT molecular complexity index is 548. The van der Waals surface area contributed by atoms with E-state index in [1.54, 1.807) is 13.8 Å². The van der Waals surface area contributed by atoms with E-state index in [1.807, 2.05) is 13.8 Å². The van der Waals surface area contributed by atoms with Crippen LogP contribution in [-0.4, -0.2) is 30.8 Å². The SMILES string of the molecule is CC(C)C(=O)N[C@H](c1nnc(S(C)(=O)=O)o1)C(C)C. The topological polar surface area (TPSA) is 102 Å². The number of carbonyl (C=O) groups is 1. The van der Waals surface area contributed by atoms with Gasteiger partial charge in [0.15, 0.2) is 0 Å². The van der Waals surface area contributed by atoms with Gasteiger partial charge in [-0.25, -0.2) is 8.42 Å². The van der Waals surface area contributed by atoms with Crippen LogP contribution in [0.25, 0.3) is 0 Å². The van der Waals surface area contributed by atoms with Crippen LogP contribution in [0.3, 0.4) is 0 Å². The van der Waals surface area contributed by atoms with E-state index in [1.165, 1.54) is 0 Å². The highest BCUT2D eigenvalue weighted by molar-refractivity contribution is 7.90. The molecule has 0 unspecified atom stereocenters. The lowest BCUT2D eigenvalue weighted by atomic mass is 10.0. The zero-order chi connectivity index (χ0) is 14.8. The number of sulfone groups is 1. The predicted molar refractivity (Wildman–Crippen MR) is 68.0 cm³/mol. The van der Waals surface area contributed by atoms with Crippen LogP contribution < -0.4 is 5.32 Å². The average molecular weight is 289 g/mol. The molecule has 1 aromatic heterocycles. The second kappa shape index (κ2) is 5.68. The first-order chi connectivity index (χ1) is 8.62. The molecule has 1 aromatic rings. The van der Waals surface area contributed by atoms with Crippen molar-refractivity contribution in [3.05, 3.63) is 5.89 Å². The van der Waals surface area contributed by atoms with E-state index in [-0.39, 0.29) is 23.6 Å². The van der Waals surface area contributed by atoms with E-state index in [9.17, 15) is 13.2 Å². The molecule has 0 aliphatic rings. The van der Waals surface area contributed by atoms with Crippen LogP contribution >= 0.6 is 0 Å². The van der Waals surface area contributed by atoms with E-state index in [2.05, 4.69) is 15.5 Å². The van der Waals surface area contributed by atoms with Crippen molar-refractivity contribution in [2.75, 3.05) is 6.26 Å². The molecule has 0 radical (unpaired) electrons. The van der Waals surface area contributed by atoms with Crippen LogP contribution in [0.1, 0.15) is 39.6 Å². The zero-order valence-electron chi connectivity index (χ0n) is 11.7. The fourth-order valence-electron chi connectivity index (χ4n) is 1.33. The number of hydrogen-bond acceptors (Lipinski definition) is 6. The van der Waals surface area contributed by atoms with Crippen molar-refractivity contribution in [1.29, 1.82) is 0 Å². The summed E-state index contributed by atoms with van der Waals surface area (Å²) in [6.45, 7) is 7.27. The molecule has 108 valence electrons. The Balaban J connectivity index is 3.01. The van der Waals surface area contributed by atoms with Crippen molar-refractivity contribution >= 4 is 15.7 Å². The van der Waals surface area contributed by atoms with Gasteiger partial charge in [-0.15, -0.1) is 5.10 Å². The molecule has 1 amide bonds. The van der Waals surface area contributed by atoms with Crippen molar-refractivity contribution in [2.24, 2.45) is 11.8 Å². The van der Waals surface area contributed by atoms with Crippen molar-refractivity contribution in [3.8, 4) is 0 Å². The number of aromatic nitrogens is 2. The van der Waals surface area contributed by atoms with Crippen LogP contribution in [0, 0.1) is 11.8 Å². The van der Waals surface area contributed by atoms with Gasteiger partial charge in [0, 0.05) is 12.2 Å². The molecule has 19 heavy (non-hydrogen) atoms. The first-order valence-electron chi connectivity index (χ1n) is 5.96. The van der Waals surface area contributed by atoms with E-state index in [0.717, 1.165) is 6.26 Å². The van der Waals surface area contributed by atoms with Gasteiger partial charge in [-0.2, -0.15) is 0 Å². The highest BCUT2D eigenvalue weighted by Gasteiger charge is 2.27. The van der Waals surface area contributed by atoms with Gasteiger partial charge >= 0.3 is 5.22 Å². The standard InChI is InChI=1S/C11H19N3O4S/c1-6(2)8(12-9(15)7(3)4)10-13-14-11(18-10)19(5,16)17/h6-8H,1-5H3,(H,12,15)/t8-/m0/s1.